The van der Waals surface area contributed by atoms with E-state index in [0.29, 0.717) is 0 Å². The number of likely N-dealkylation sites (N-methyl/N-ethyl adjacent to an activating group) is 1. The van der Waals surface area contributed by atoms with Gasteiger partial charge in [-0.05, 0) is 68.9 Å². The van der Waals surface area contributed by atoms with Crippen LogP contribution in [0, 0.1) is 0 Å². The molecule has 0 bridgehead atoms. The Morgan fingerprint density at radius 3 is 2.36 bits per heavy atom. The van der Waals surface area contributed by atoms with Crippen molar-refractivity contribution in [1.82, 2.24) is 0 Å². The molecule has 4 heteroatoms. The molecule has 0 spiro atoms. The second-order valence-electron chi connectivity index (χ2n) is 11.9. The molecule has 39 heavy (non-hydrogen) atoms. The molecule has 0 saturated carbocycles. The average Bonchev–Trinajstić information content (AvgIpc) is 3.30. The molecule has 0 aromatic heterocycles. The second-order valence-corrected chi connectivity index (χ2v) is 12.3. The first-order chi connectivity index (χ1) is 18.6. The van der Waals surface area contributed by atoms with Gasteiger partial charge in [0.05, 0.1) is 5.41 Å². The molecule has 204 valence electrons. The molecule has 2 aromatic rings. The minimum atomic E-state index is -0.128. The fourth-order valence-corrected chi connectivity index (χ4v) is 6.93. The molecule has 1 aliphatic carbocycles. The Labute approximate surface area is 239 Å². The maximum atomic E-state index is 7.11. The number of hydrogen-bond donors (Lipinski definition) is 0. The summed E-state index contributed by atoms with van der Waals surface area (Å²) in [5, 5.41) is 0.894. The van der Waals surface area contributed by atoms with Gasteiger partial charge >= 0.3 is 0 Å². The van der Waals surface area contributed by atoms with Gasteiger partial charge in [0, 0.05) is 60.1 Å². The van der Waals surface area contributed by atoms with Gasteiger partial charge in [0.2, 0.25) is 5.69 Å². The number of anilines is 1. The molecule has 0 radical (unpaired) electrons. The van der Waals surface area contributed by atoms with Crippen molar-refractivity contribution in [2.45, 2.75) is 77.9 Å². The van der Waals surface area contributed by atoms with Crippen LogP contribution >= 0.6 is 11.6 Å². The van der Waals surface area contributed by atoms with E-state index in [4.69, 9.17) is 16.3 Å². The number of hydrogen-bond acceptors (Lipinski definition) is 2. The summed E-state index contributed by atoms with van der Waals surface area (Å²) in [5.41, 5.74) is 10.1. The smallest absolute Gasteiger partial charge is 0.260 e. The molecule has 0 amide bonds. The monoisotopic (exact) mass is 541 g/mol. The zero-order valence-electron chi connectivity index (χ0n) is 24.5. The van der Waals surface area contributed by atoms with Crippen LogP contribution in [0.4, 0.5) is 11.4 Å². The van der Waals surface area contributed by atoms with Crippen molar-refractivity contribution in [1.29, 1.82) is 0 Å². The number of para-hydroxylation sites is 2. The highest BCUT2D eigenvalue weighted by Crippen LogP contribution is 2.48. The van der Waals surface area contributed by atoms with Crippen LogP contribution in [0.25, 0.3) is 0 Å². The van der Waals surface area contributed by atoms with Gasteiger partial charge in [-0.15, -0.1) is 0 Å². The summed E-state index contributed by atoms with van der Waals surface area (Å²) in [6, 6.07) is 17.4. The van der Waals surface area contributed by atoms with E-state index in [-0.39, 0.29) is 17.1 Å². The summed E-state index contributed by atoms with van der Waals surface area (Å²) in [6.07, 6.45) is 12.1. The lowest BCUT2D eigenvalue weighted by Gasteiger charge is -2.26. The number of rotatable bonds is 6. The molecule has 2 aromatic carbocycles. The molecule has 2 heterocycles. The number of benzene rings is 2. The third kappa shape index (κ3) is 4.64. The molecular formula is C35H42ClN2O+. The highest BCUT2D eigenvalue weighted by Gasteiger charge is 2.46. The fourth-order valence-electron chi connectivity index (χ4n) is 6.62. The van der Waals surface area contributed by atoms with Gasteiger partial charge in [0.15, 0.2) is 5.71 Å². The quantitative estimate of drug-likeness (QED) is 0.339. The maximum Gasteiger partial charge on any atom is 0.260 e. The largest absolute Gasteiger partial charge is 0.344 e. The molecule has 1 unspecified atom stereocenters. The summed E-state index contributed by atoms with van der Waals surface area (Å²) >= 11 is 7.11. The predicted octanol–water partition coefficient (Wildman–Crippen LogP) is 8.92. The minimum absolute atomic E-state index is 0.0432. The molecule has 3 aliphatic rings. The van der Waals surface area contributed by atoms with Crippen molar-refractivity contribution in [3.05, 3.63) is 106 Å². The Morgan fingerprint density at radius 1 is 0.949 bits per heavy atom. The van der Waals surface area contributed by atoms with Gasteiger partial charge in [-0.25, -0.2) is 0 Å². The van der Waals surface area contributed by atoms with Crippen molar-refractivity contribution in [3.8, 4) is 0 Å². The molecule has 1 atom stereocenters. The van der Waals surface area contributed by atoms with Crippen molar-refractivity contribution >= 4 is 28.7 Å². The maximum absolute atomic E-state index is 7.11. The highest BCUT2D eigenvalue weighted by atomic mass is 35.5. The molecule has 5 rings (SSSR count). The number of halogens is 1. The van der Waals surface area contributed by atoms with E-state index < -0.39 is 0 Å². The van der Waals surface area contributed by atoms with Gasteiger partial charge in [-0.1, -0.05) is 74.0 Å². The first-order valence-electron chi connectivity index (χ1n) is 14.3. The Bertz CT molecular complexity index is 1440. The van der Waals surface area contributed by atoms with E-state index in [9.17, 15) is 0 Å². The van der Waals surface area contributed by atoms with Crippen LogP contribution in [-0.4, -0.2) is 30.2 Å². The Kier molecular flexibility index (Phi) is 7.52. The SMILES string of the molecule is CCN1/C(=C/C=C2\CCCC(/C=C/C3=[N+](C(C)OC)c4ccccc4C3(C)C)=C2Cl)C(C)(C)c2ccccc21. The first-order valence-corrected chi connectivity index (χ1v) is 14.6. The summed E-state index contributed by atoms with van der Waals surface area (Å²) < 4.78 is 8.12. The van der Waals surface area contributed by atoms with Gasteiger partial charge < -0.3 is 9.64 Å². The lowest BCUT2D eigenvalue weighted by atomic mass is 9.81. The average molecular weight is 542 g/mol. The summed E-state index contributed by atoms with van der Waals surface area (Å²) in [6.45, 7) is 14.5. The molecule has 0 saturated heterocycles. The minimum Gasteiger partial charge on any atom is -0.344 e. The molecule has 3 nitrogen and oxygen atoms in total. The number of allylic oxidation sites excluding steroid dienone is 8. The van der Waals surface area contributed by atoms with Crippen LogP contribution in [0.5, 0.6) is 0 Å². The van der Waals surface area contributed by atoms with Crippen LogP contribution < -0.4 is 4.90 Å². The van der Waals surface area contributed by atoms with Crippen molar-refractivity contribution in [3.63, 3.8) is 0 Å². The number of methoxy groups -OCH3 is 1. The van der Waals surface area contributed by atoms with E-state index in [1.165, 1.54) is 45.1 Å². The third-order valence-corrected chi connectivity index (χ3v) is 9.38. The zero-order valence-corrected chi connectivity index (χ0v) is 25.3. The predicted molar refractivity (Wildman–Crippen MR) is 165 cm³/mol. The lowest BCUT2D eigenvalue weighted by molar-refractivity contribution is -0.532. The summed E-state index contributed by atoms with van der Waals surface area (Å²) in [7, 11) is 1.77. The summed E-state index contributed by atoms with van der Waals surface area (Å²) in [5.74, 6) is 0. The van der Waals surface area contributed by atoms with E-state index in [1.54, 1.807) is 7.11 Å². The van der Waals surface area contributed by atoms with E-state index in [0.717, 1.165) is 30.8 Å². The number of nitrogens with zero attached hydrogens (tertiary/aromatic N) is 2. The van der Waals surface area contributed by atoms with Crippen LogP contribution in [0.2, 0.25) is 0 Å². The van der Waals surface area contributed by atoms with Gasteiger partial charge in [0.25, 0.3) is 6.23 Å². The number of fused-ring (bicyclic) bond motifs is 2. The van der Waals surface area contributed by atoms with Gasteiger partial charge in [0.1, 0.15) is 0 Å². The van der Waals surface area contributed by atoms with Crippen LogP contribution in [0.15, 0.2) is 94.7 Å². The van der Waals surface area contributed by atoms with E-state index in [1.807, 2.05) is 0 Å². The van der Waals surface area contributed by atoms with Gasteiger partial charge in [-0.3, -0.25) is 0 Å². The zero-order chi connectivity index (χ0) is 27.9. The van der Waals surface area contributed by atoms with Crippen LogP contribution in [0.3, 0.4) is 0 Å². The van der Waals surface area contributed by atoms with Crippen molar-refractivity contribution in [2.75, 3.05) is 18.6 Å². The molecule has 2 aliphatic heterocycles. The normalized spacial score (nSPS) is 22.8. The topological polar surface area (TPSA) is 15.5 Å². The van der Waals surface area contributed by atoms with E-state index in [2.05, 4.69) is 124 Å². The Balaban J connectivity index is 1.51. The van der Waals surface area contributed by atoms with Crippen molar-refractivity contribution in [2.24, 2.45) is 0 Å². The molecular weight excluding hydrogens is 500 g/mol. The van der Waals surface area contributed by atoms with Gasteiger partial charge in [-0.2, -0.15) is 4.58 Å². The summed E-state index contributed by atoms with van der Waals surface area (Å²) in [4.78, 5) is 2.44. The lowest BCUT2D eigenvalue weighted by Crippen LogP contribution is -2.31. The second kappa shape index (κ2) is 10.6. The van der Waals surface area contributed by atoms with Crippen LogP contribution in [-0.2, 0) is 15.6 Å². The number of ether oxygens (including phenoxy) is 1. The fraction of sp³-hybridized carbons (Fsp3) is 0.400. The standard InChI is InChI=1S/C35H42ClN2O/c1-8-37-29-18-11-9-16-27(29)34(3,4)31(37)22-20-25-14-13-15-26(33(25)36)21-23-32-35(5,6)28-17-10-12-19-30(28)38(32)24(2)39-7/h9-12,16-24H,8,13-15H2,1-7H3/q+1. The first kappa shape index (κ1) is 27.7. The molecule has 0 N–H and O–H groups in total. The Morgan fingerprint density at radius 2 is 1.64 bits per heavy atom. The Hall–Kier alpha value is -2.88. The van der Waals surface area contributed by atoms with Crippen LogP contribution in [0.1, 0.15) is 71.9 Å². The van der Waals surface area contributed by atoms with Crippen molar-refractivity contribution < 1.29 is 9.31 Å². The van der Waals surface area contributed by atoms with E-state index >= 15 is 0 Å². The highest BCUT2D eigenvalue weighted by molar-refractivity contribution is 6.32. The third-order valence-electron chi connectivity index (χ3n) is 8.90. The molecule has 0 fully saturated rings.